The van der Waals surface area contributed by atoms with Crippen molar-refractivity contribution in [3.63, 3.8) is 0 Å². The van der Waals surface area contributed by atoms with Crippen molar-refractivity contribution >= 4 is 23.4 Å². The monoisotopic (exact) mass is 421 g/mol. The number of fused-ring (bicyclic) bond motifs is 1. The SMILES string of the molecule is O=C(Nc1c2c(nn1-c1ccccc1)CCC2)NC1CNCC1c1cccc(Cl)c1. The number of hydrogen-bond donors (Lipinski definition) is 3. The van der Waals surface area contributed by atoms with Crippen LogP contribution in [0, 0.1) is 0 Å². The molecule has 30 heavy (non-hydrogen) atoms. The second-order valence-corrected chi connectivity index (χ2v) is 8.34. The van der Waals surface area contributed by atoms with E-state index < -0.39 is 0 Å². The fourth-order valence-corrected chi connectivity index (χ4v) is 4.70. The van der Waals surface area contributed by atoms with E-state index in [4.69, 9.17) is 16.7 Å². The number of aryl methyl sites for hydroxylation is 1. The third kappa shape index (κ3) is 3.68. The molecule has 1 aromatic heterocycles. The zero-order valence-electron chi connectivity index (χ0n) is 16.6. The summed E-state index contributed by atoms with van der Waals surface area (Å²) >= 11 is 6.17. The van der Waals surface area contributed by atoms with Gasteiger partial charge in [0.25, 0.3) is 0 Å². The summed E-state index contributed by atoms with van der Waals surface area (Å²) in [6.07, 6.45) is 2.97. The molecule has 2 amide bonds. The van der Waals surface area contributed by atoms with Gasteiger partial charge >= 0.3 is 6.03 Å². The van der Waals surface area contributed by atoms with Gasteiger partial charge in [-0.2, -0.15) is 5.10 Å². The summed E-state index contributed by atoms with van der Waals surface area (Å²) in [5.74, 6) is 0.954. The number of anilines is 1. The first-order valence-corrected chi connectivity index (χ1v) is 10.8. The summed E-state index contributed by atoms with van der Waals surface area (Å²) in [5.41, 5.74) is 4.30. The minimum atomic E-state index is -0.206. The number of para-hydroxylation sites is 1. The maximum Gasteiger partial charge on any atom is 0.320 e. The molecule has 1 aliphatic carbocycles. The van der Waals surface area contributed by atoms with Crippen molar-refractivity contribution in [3.05, 3.63) is 76.4 Å². The molecule has 0 bridgehead atoms. The van der Waals surface area contributed by atoms with Crippen LogP contribution < -0.4 is 16.0 Å². The van der Waals surface area contributed by atoms with Crippen molar-refractivity contribution in [2.24, 2.45) is 0 Å². The van der Waals surface area contributed by atoms with Crippen molar-refractivity contribution in [1.82, 2.24) is 20.4 Å². The van der Waals surface area contributed by atoms with Crippen LogP contribution in [0.3, 0.4) is 0 Å². The molecule has 2 aromatic carbocycles. The molecule has 2 unspecified atom stereocenters. The van der Waals surface area contributed by atoms with Crippen molar-refractivity contribution in [2.45, 2.75) is 31.2 Å². The number of carbonyl (C=O) groups is 1. The highest BCUT2D eigenvalue weighted by atomic mass is 35.5. The van der Waals surface area contributed by atoms with Crippen LogP contribution in [0.15, 0.2) is 54.6 Å². The number of aromatic nitrogens is 2. The van der Waals surface area contributed by atoms with Gasteiger partial charge in [-0.25, -0.2) is 9.48 Å². The lowest BCUT2D eigenvalue weighted by Crippen LogP contribution is -2.42. The molecule has 1 saturated heterocycles. The standard InChI is InChI=1S/C23H24ClN5O/c24-16-7-4-6-15(12-16)19-13-25-14-21(19)26-23(30)27-22-18-10-5-11-20(18)28-29(22)17-8-2-1-3-9-17/h1-4,6-9,12,19,21,25H,5,10-11,13-14H2,(H2,26,27,30). The normalized spacial score (nSPS) is 20.2. The Morgan fingerprint density at radius 2 is 1.97 bits per heavy atom. The minimum Gasteiger partial charge on any atom is -0.333 e. The molecule has 3 N–H and O–H groups in total. The Morgan fingerprint density at radius 3 is 2.80 bits per heavy atom. The Morgan fingerprint density at radius 1 is 1.10 bits per heavy atom. The summed E-state index contributed by atoms with van der Waals surface area (Å²) in [5, 5.41) is 15.1. The van der Waals surface area contributed by atoms with Gasteiger partial charge in [0, 0.05) is 29.6 Å². The van der Waals surface area contributed by atoms with E-state index in [2.05, 4.69) is 22.0 Å². The number of urea groups is 1. The van der Waals surface area contributed by atoms with E-state index >= 15 is 0 Å². The summed E-state index contributed by atoms with van der Waals surface area (Å²) < 4.78 is 1.85. The van der Waals surface area contributed by atoms with Crippen LogP contribution in [0.4, 0.5) is 10.6 Å². The van der Waals surface area contributed by atoms with E-state index in [1.54, 1.807) is 0 Å². The van der Waals surface area contributed by atoms with Crippen molar-refractivity contribution in [2.75, 3.05) is 18.4 Å². The molecule has 2 atom stereocenters. The molecule has 0 radical (unpaired) electrons. The Labute approximate surface area is 180 Å². The number of hydrogen-bond acceptors (Lipinski definition) is 3. The van der Waals surface area contributed by atoms with E-state index in [1.807, 2.05) is 53.2 Å². The number of nitrogens with one attached hydrogen (secondary N) is 3. The molecule has 0 saturated carbocycles. The molecule has 2 aliphatic rings. The quantitative estimate of drug-likeness (QED) is 0.598. The molecule has 1 fully saturated rings. The van der Waals surface area contributed by atoms with Gasteiger partial charge in [-0.1, -0.05) is 41.9 Å². The van der Waals surface area contributed by atoms with Crippen LogP contribution in [0.2, 0.25) is 5.02 Å². The molecule has 0 spiro atoms. The van der Waals surface area contributed by atoms with Gasteiger partial charge in [-0.15, -0.1) is 0 Å². The Kier molecular flexibility index (Phi) is 5.19. The molecule has 3 aromatic rings. The zero-order chi connectivity index (χ0) is 20.5. The average Bonchev–Trinajstić information content (AvgIpc) is 3.46. The van der Waals surface area contributed by atoms with Gasteiger partial charge in [0.05, 0.1) is 17.4 Å². The first kappa shape index (κ1) is 19.2. The number of carbonyl (C=O) groups excluding carboxylic acids is 1. The summed E-state index contributed by atoms with van der Waals surface area (Å²) in [6, 6.07) is 17.6. The smallest absolute Gasteiger partial charge is 0.320 e. The molecule has 7 heteroatoms. The Hall–Kier alpha value is -2.83. The van der Waals surface area contributed by atoms with Crippen LogP contribution in [-0.2, 0) is 12.8 Å². The molecule has 2 heterocycles. The van der Waals surface area contributed by atoms with E-state index in [0.717, 1.165) is 60.7 Å². The van der Waals surface area contributed by atoms with Crippen LogP contribution in [0.5, 0.6) is 0 Å². The second-order valence-electron chi connectivity index (χ2n) is 7.90. The van der Waals surface area contributed by atoms with Crippen LogP contribution in [-0.4, -0.2) is 34.9 Å². The van der Waals surface area contributed by atoms with E-state index in [1.165, 1.54) is 0 Å². The highest BCUT2D eigenvalue weighted by Crippen LogP contribution is 2.31. The third-order valence-electron chi connectivity index (χ3n) is 5.95. The lowest BCUT2D eigenvalue weighted by molar-refractivity contribution is 0.248. The predicted octanol–water partition coefficient (Wildman–Crippen LogP) is 3.89. The van der Waals surface area contributed by atoms with E-state index in [9.17, 15) is 4.79 Å². The molecular formula is C23H24ClN5O. The second kappa shape index (κ2) is 8.13. The van der Waals surface area contributed by atoms with Crippen molar-refractivity contribution < 1.29 is 4.79 Å². The molecule has 154 valence electrons. The molecular weight excluding hydrogens is 398 g/mol. The minimum absolute atomic E-state index is 0.00962. The fourth-order valence-electron chi connectivity index (χ4n) is 4.51. The van der Waals surface area contributed by atoms with Gasteiger partial charge in [0.1, 0.15) is 5.82 Å². The first-order chi connectivity index (χ1) is 14.7. The van der Waals surface area contributed by atoms with Crippen LogP contribution in [0.25, 0.3) is 5.69 Å². The lowest BCUT2D eigenvalue weighted by Gasteiger charge is -2.21. The van der Waals surface area contributed by atoms with Crippen LogP contribution >= 0.6 is 11.6 Å². The van der Waals surface area contributed by atoms with Crippen molar-refractivity contribution in [1.29, 1.82) is 0 Å². The van der Waals surface area contributed by atoms with Gasteiger partial charge in [-0.3, -0.25) is 5.32 Å². The fraction of sp³-hybridized carbons (Fsp3) is 0.304. The number of halogens is 1. The Balaban J connectivity index is 1.36. The molecule has 6 nitrogen and oxygen atoms in total. The van der Waals surface area contributed by atoms with E-state index in [0.29, 0.717) is 5.02 Å². The van der Waals surface area contributed by atoms with Gasteiger partial charge in [-0.05, 0) is 49.1 Å². The number of rotatable bonds is 4. The Bertz CT molecular complexity index is 1060. The van der Waals surface area contributed by atoms with Gasteiger partial charge < -0.3 is 10.6 Å². The zero-order valence-corrected chi connectivity index (χ0v) is 17.3. The van der Waals surface area contributed by atoms with Gasteiger partial charge in [0.2, 0.25) is 0 Å². The molecule has 5 rings (SSSR count). The molecule has 1 aliphatic heterocycles. The summed E-state index contributed by atoms with van der Waals surface area (Å²) in [6.45, 7) is 1.53. The van der Waals surface area contributed by atoms with Gasteiger partial charge in [0.15, 0.2) is 0 Å². The summed E-state index contributed by atoms with van der Waals surface area (Å²) in [4.78, 5) is 13.0. The first-order valence-electron chi connectivity index (χ1n) is 10.4. The predicted molar refractivity (Wildman–Crippen MR) is 119 cm³/mol. The highest BCUT2D eigenvalue weighted by molar-refractivity contribution is 6.30. The van der Waals surface area contributed by atoms with Crippen molar-refractivity contribution in [3.8, 4) is 5.69 Å². The van der Waals surface area contributed by atoms with Crippen LogP contribution in [0.1, 0.15) is 29.2 Å². The lowest BCUT2D eigenvalue weighted by atomic mass is 9.94. The summed E-state index contributed by atoms with van der Waals surface area (Å²) in [7, 11) is 0. The van der Waals surface area contributed by atoms with E-state index in [-0.39, 0.29) is 18.0 Å². The highest BCUT2D eigenvalue weighted by Gasteiger charge is 2.31. The number of nitrogens with zero attached hydrogens (tertiary/aromatic N) is 2. The maximum atomic E-state index is 13.0. The third-order valence-corrected chi connectivity index (χ3v) is 6.18. The number of benzene rings is 2. The maximum absolute atomic E-state index is 13.0. The largest absolute Gasteiger partial charge is 0.333 e. The topological polar surface area (TPSA) is 71.0 Å². The number of amides is 2. The average molecular weight is 422 g/mol.